The first-order valence-electron chi connectivity index (χ1n) is 10.2. The summed E-state index contributed by atoms with van der Waals surface area (Å²) in [7, 11) is -7.81. The van der Waals surface area contributed by atoms with E-state index < -0.39 is 32.0 Å². The van der Waals surface area contributed by atoms with Gasteiger partial charge in [0.05, 0.1) is 10.9 Å². The molecule has 0 radical (unpaired) electrons. The third kappa shape index (κ3) is 5.16. The molecule has 1 aliphatic heterocycles. The van der Waals surface area contributed by atoms with Gasteiger partial charge in [-0.3, -0.25) is 9.59 Å². The first-order chi connectivity index (χ1) is 15.3. The number of rotatable bonds is 7. The van der Waals surface area contributed by atoms with E-state index >= 15 is 0 Å². The lowest BCUT2D eigenvalue weighted by Gasteiger charge is -2.35. The van der Waals surface area contributed by atoms with Gasteiger partial charge in [-0.1, -0.05) is 17.3 Å². The van der Waals surface area contributed by atoms with Crippen molar-refractivity contribution >= 4 is 31.7 Å². The van der Waals surface area contributed by atoms with Crippen LogP contribution in [0.25, 0.3) is 0 Å². The summed E-state index contributed by atoms with van der Waals surface area (Å²) < 4.78 is 59.6. The lowest BCUT2D eigenvalue weighted by molar-refractivity contribution is -0.133. The maximum atomic E-state index is 12.9. The largest absolute Gasteiger partial charge is 0.360 e. The lowest BCUT2D eigenvalue weighted by atomic mass is 10.2. The monoisotopic (exact) mass is 498 g/mol. The molecule has 0 aliphatic carbocycles. The number of aryl methyl sites for hydroxylation is 2. The molecule has 1 aromatic heterocycles. The van der Waals surface area contributed by atoms with Gasteiger partial charge in [0.15, 0.2) is 11.5 Å². The molecule has 1 saturated heterocycles. The van der Waals surface area contributed by atoms with Crippen molar-refractivity contribution in [1.29, 1.82) is 0 Å². The van der Waals surface area contributed by atoms with Crippen molar-refractivity contribution in [1.82, 2.24) is 19.1 Å². The number of piperazine rings is 1. The normalized spacial score (nSPS) is 16.5. The highest BCUT2D eigenvalue weighted by Crippen LogP contribution is 2.21. The Labute approximate surface area is 192 Å². The van der Waals surface area contributed by atoms with Gasteiger partial charge in [-0.15, -0.1) is 0 Å². The minimum Gasteiger partial charge on any atom is -0.360 e. The fraction of sp³-hybridized carbons (Fsp3) is 0.450. The van der Waals surface area contributed by atoms with Gasteiger partial charge in [-0.2, -0.15) is 9.03 Å². The molecule has 3 rings (SSSR count). The first-order valence-corrected chi connectivity index (χ1v) is 13.1. The van der Waals surface area contributed by atoms with Crippen LogP contribution in [0, 0.1) is 13.8 Å². The number of nitrogens with one attached hydrogen (secondary N) is 1. The second kappa shape index (κ2) is 9.33. The first kappa shape index (κ1) is 25.0. The lowest BCUT2D eigenvalue weighted by Crippen LogP contribution is -2.55. The number of sulfonamides is 2. The minimum absolute atomic E-state index is 0.0614. The maximum Gasteiger partial charge on any atom is 0.246 e. The molecule has 1 fully saturated rings. The number of carbonyl (C=O) groups is 2. The van der Waals surface area contributed by atoms with Crippen molar-refractivity contribution in [3.63, 3.8) is 0 Å². The zero-order valence-corrected chi connectivity index (χ0v) is 20.4. The predicted molar refractivity (Wildman–Crippen MR) is 118 cm³/mol. The number of hydrogen-bond acceptors (Lipinski definition) is 8. The second-order valence-corrected chi connectivity index (χ2v) is 11.4. The van der Waals surface area contributed by atoms with Crippen molar-refractivity contribution in [2.24, 2.45) is 0 Å². The standard InChI is InChI=1S/C20H26N4O7S2/c1-13-19(16(4)31-21-13)32(27,28)22-14(2)20(26)23-9-11-24(12-10-23)33(29,30)18-7-5-17(6-8-18)15(3)25/h5-8,14,22H,9-12H2,1-4H3/t14-/m0/s1. The van der Waals surface area contributed by atoms with Crippen LogP contribution in [0.15, 0.2) is 38.6 Å². The van der Waals surface area contributed by atoms with Crippen molar-refractivity contribution in [2.45, 2.75) is 43.5 Å². The summed E-state index contributed by atoms with van der Waals surface area (Å²) in [6.07, 6.45) is 0. The molecule has 33 heavy (non-hydrogen) atoms. The fourth-order valence-corrected chi connectivity index (χ4v) is 6.58. The number of amides is 1. The van der Waals surface area contributed by atoms with E-state index in [1.807, 2.05) is 0 Å². The quantitative estimate of drug-likeness (QED) is 0.549. The highest BCUT2D eigenvalue weighted by atomic mass is 32.2. The van der Waals surface area contributed by atoms with Gasteiger partial charge in [0.25, 0.3) is 0 Å². The molecule has 0 saturated carbocycles. The highest BCUT2D eigenvalue weighted by molar-refractivity contribution is 7.89. The van der Waals surface area contributed by atoms with E-state index in [4.69, 9.17) is 4.52 Å². The molecule has 2 aromatic rings. The van der Waals surface area contributed by atoms with E-state index in [2.05, 4.69) is 9.88 Å². The molecule has 2 heterocycles. The molecule has 1 aliphatic rings. The number of ketones is 1. The van der Waals surface area contributed by atoms with Crippen molar-refractivity contribution in [2.75, 3.05) is 26.2 Å². The Kier molecular flexibility index (Phi) is 7.07. The van der Waals surface area contributed by atoms with Crippen LogP contribution >= 0.6 is 0 Å². The van der Waals surface area contributed by atoms with E-state index in [-0.39, 0.29) is 53.2 Å². The fourth-order valence-electron chi connectivity index (χ4n) is 3.63. The highest BCUT2D eigenvalue weighted by Gasteiger charge is 2.34. The van der Waals surface area contributed by atoms with Gasteiger partial charge in [0, 0.05) is 31.7 Å². The molecule has 0 spiro atoms. The van der Waals surface area contributed by atoms with Crippen LogP contribution in [0.5, 0.6) is 0 Å². The smallest absolute Gasteiger partial charge is 0.246 e. The van der Waals surface area contributed by atoms with Gasteiger partial charge in [-0.05, 0) is 39.8 Å². The van der Waals surface area contributed by atoms with Crippen LogP contribution in [0.1, 0.15) is 35.7 Å². The van der Waals surface area contributed by atoms with E-state index in [0.717, 1.165) is 0 Å². The van der Waals surface area contributed by atoms with Crippen LogP contribution in [0.2, 0.25) is 0 Å². The van der Waals surface area contributed by atoms with Gasteiger partial charge < -0.3 is 9.42 Å². The third-order valence-electron chi connectivity index (χ3n) is 5.39. The summed E-state index contributed by atoms with van der Waals surface area (Å²) in [6, 6.07) is 4.62. The third-order valence-corrected chi connectivity index (χ3v) is 9.08. The summed E-state index contributed by atoms with van der Waals surface area (Å²) in [4.78, 5) is 25.6. The number of nitrogens with zero attached hydrogens (tertiary/aromatic N) is 3. The SMILES string of the molecule is CC(=O)c1ccc(S(=O)(=O)N2CCN(C(=O)[C@H](C)NS(=O)(=O)c3c(C)noc3C)CC2)cc1. The number of benzene rings is 1. The number of carbonyl (C=O) groups excluding carboxylic acids is 2. The predicted octanol–water partition coefficient (Wildman–Crippen LogP) is 0.694. The Morgan fingerprint density at radius 3 is 2.09 bits per heavy atom. The molecule has 1 N–H and O–H groups in total. The molecule has 1 atom stereocenters. The van der Waals surface area contributed by atoms with Crippen LogP contribution in [0.4, 0.5) is 0 Å². The summed E-state index contributed by atoms with van der Waals surface area (Å²) in [5, 5.41) is 3.63. The summed E-state index contributed by atoms with van der Waals surface area (Å²) >= 11 is 0. The molecule has 0 unspecified atom stereocenters. The van der Waals surface area contributed by atoms with Crippen LogP contribution in [-0.4, -0.2) is 75.1 Å². The number of Topliss-reactive ketones (excluding diaryl/α,β-unsaturated/α-hetero) is 1. The average Bonchev–Trinajstić information content (AvgIpc) is 3.11. The van der Waals surface area contributed by atoms with Crippen LogP contribution in [-0.2, 0) is 24.8 Å². The molecule has 1 aromatic carbocycles. The van der Waals surface area contributed by atoms with Crippen LogP contribution < -0.4 is 4.72 Å². The van der Waals surface area contributed by atoms with Gasteiger partial charge in [0.1, 0.15) is 10.6 Å². The van der Waals surface area contributed by atoms with Crippen molar-refractivity contribution in [3.05, 3.63) is 41.3 Å². The molecular weight excluding hydrogens is 472 g/mol. The molecule has 0 bridgehead atoms. The van der Waals surface area contributed by atoms with Gasteiger partial charge >= 0.3 is 0 Å². The summed E-state index contributed by atoms with van der Waals surface area (Å²) in [5.74, 6) is -0.506. The van der Waals surface area contributed by atoms with E-state index in [1.165, 1.54) is 61.2 Å². The molecule has 1 amide bonds. The van der Waals surface area contributed by atoms with E-state index in [0.29, 0.717) is 5.56 Å². The maximum absolute atomic E-state index is 12.9. The Morgan fingerprint density at radius 2 is 1.61 bits per heavy atom. The zero-order chi connectivity index (χ0) is 24.6. The molecule has 180 valence electrons. The summed E-state index contributed by atoms with van der Waals surface area (Å²) in [5.41, 5.74) is 0.604. The Morgan fingerprint density at radius 1 is 1.03 bits per heavy atom. The van der Waals surface area contributed by atoms with E-state index in [9.17, 15) is 26.4 Å². The van der Waals surface area contributed by atoms with E-state index in [1.54, 1.807) is 0 Å². The van der Waals surface area contributed by atoms with Crippen molar-refractivity contribution in [3.8, 4) is 0 Å². The second-order valence-electron chi connectivity index (χ2n) is 7.81. The zero-order valence-electron chi connectivity index (χ0n) is 18.7. The number of hydrogen-bond donors (Lipinski definition) is 1. The Balaban J connectivity index is 1.64. The van der Waals surface area contributed by atoms with Gasteiger partial charge in [0.2, 0.25) is 26.0 Å². The minimum atomic E-state index is -4.03. The Bertz CT molecular complexity index is 1240. The Hall–Kier alpha value is -2.61. The topological polar surface area (TPSA) is 147 Å². The number of aromatic nitrogens is 1. The van der Waals surface area contributed by atoms with Crippen LogP contribution in [0.3, 0.4) is 0 Å². The molecule has 13 heteroatoms. The average molecular weight is 499 g/mol. The van der Waals surface area contributed by atoms with Gasteiger partial charge in [-0.25, -0.2) is 16.8 Å². The molecular formula is C20H26N4O7S2. The van der Waals surface area contributed by atoms with Crippen molar-refractivity contribution < 1.29 is 30.9 Å². The molecule has 11 nitrogen and oxygen atoms in total. The summed E-state index contributed by atoms with van der Waals surface area (Å²) in [6.45, 7) is 6.13.